The first kappa shape index (κ1) is 14.9. The van der Waals surface area contributed by atoms with E-state index in [2.05, 4.69) is 5.32 Å². The summed E-state index contributed by atoms with van der Waals surface area (Å²) in [7, 11) is 0. The average Bonchev–Trinajstić information content (AvgIpc) is 2.46. The number of aryl methyl sites for hydroxylation is 1. The highest BCUT2D eigenvalue weighted by molar-refractivity contribution is 5.73. The fourth-order valence-corrected chi connectivity index (χ4v) is 2.29. The minimum Gasteiger partial charge on any atom is -0.399 e. The monoisotopic (exact) mass is 283 g/mol. The molecule has 0 radical (unpaired) electrons. The summed E-state index contributed by atoms with van der Waals surface area (Å²) in [6.07, 6.45) is 1.70. The zero-order valence-corrected chi connectivity index (χ0v) is 12.2. The number of benzene rings is 2. The fraction of sp³-hybridized carbons (Fsp3) is 0.235. The summed E-state index contributed by atoms with van der Waals surface area (Å²) >= 11 is 0. The third-order valence-corrected chi connectivity index (χ3v) is 3.42. The Balaban J connectivity index is 2.07. The van der Waals surface area contributed by atoms with Crippen LogP contribution in [0.2, 0.25) is 0 Å². The standard InChI is InChI=1S/C17H21N3O/c1-12(21)20-17(14-5-9-16(19)10-6-14)11-4-13-2-7-15(18)8-3-13/h2-3,5-10,17H,4,11,18-19H2,1H3,(H,20,21). The van der Waals surface area contributed by atoms with Gasteiger partial charge in [0.15, 0.2) is 0 Å². The molecule has 4 heteroatoms. The van der Waals surface area contributed by atoms with Gasteiger partial charge in [-0.1, -0.05) is 24.3 Å². The Hall–Kier alpha value is -2.49. The van der Waals surface area contributed by atoms with Crippen LogP contribution in [-0.2, 0) is 11.2 Å². The average molecular weight is 283 g/mol. The van der Waals surface area contributed by atoms with Gasteiger partial charge in [-0.2, -0.15) is 0 Å². The van der Waals surface area contributed by atoms with E-state index in [4.69, 9.17) is 11.5 Å². The zero-order valence-electron chi connectivity index (χ0n) is 12.2. The van der Waals surface area contributed by atoms with Gasteiger partial charge in [0, 0.05) is 18.3 Å². The first-order chi connectivity index (χ1) is 10.0. The van der Waals surface area contributed by atoms with E-state index in [9.17, 15) is 4.79 Å². The molecule has 0 spiro atoms. The molecule has 0 heterocycles. The quantitative estimate of drug-likeness (QED) is 0.738. The van der Waals surface area contributed by atoms with Crippen LogP contribution < -0.4 is 16.8 Å². The fourth-order valence-electron chi connectivity index (χ4n) is 2.29. The van der Waals surface area contributed by atoms with Crippen LogP contribution in [0.1, 0.15) is 30.5 Å². The van der Waals surface area contributed by atoms with E-state index in [1.165, 1.54) is 12.5 Å². The summed E-state index contributed by atoms with van der Waals surface area (Å²) in [5.41, 5.74) is 15.1. The molecule has 1 amide bonds. The second kappa shape index (κ2) is 6.79. The molecule has 2 rings (SSSR count). The Morgan fingerprint density at radius 2 is 1.52 bits per heavy atom. The minimum absolute atomic E-state index is 0.0133. The Kier molecular flexibility index (Phi) is 4.82. The Morgan fingerprint density at radius 3 is 2.05 bits per heavy atom. The highest BCUT2D eigenvalue weighted by Crippen LogP contribution is 2.21. The molecule has 2 aromatic rings. The summed E-state index contributed by atoms with van der Waals surface area (Å²) in [4.78, 5) is 11.4. The lowest BCUT2D eigenvalue weighted by Crippen LogP contribution is -2.26. The van der Waals surface area contributed by atoms with Crippen molar-refractivity contribution in [3.63, 3.8) is 0 Å². The minimum atomic E-state index is -0.0332. The highest BCUT2D eigenvalue weighted by Gasteiger charge is 2.12. The van der Waals surface area contributed by atoms with Crippen molar-refractivity contribution >= 4 is 17.3 Å². The third kappa shape index (κ3) is 4.53. The highest BCUT2D eigenvalue weighted by atomic mass is 16.1. The third-order valence-electron chi connectivity index (χ3n) is 3.42. The van der Waals surface area contributed by atoms with Crippen molar-refractivity contribution in [1.29, 1.82) is 0 Å². The maximum Gasteiger partial charge on any atom is 0.217 e. The first-order valence-corrected chi connectivity index (χ1v) is 7.01. The van der Waals surface area contributed by atoms with E-state index in [1.807, 2.05) is 48.5 Å². The van der Waals surface area contributed by atoms with Crippen molar-refractivity contribution in [2.45, 2.75) is 25.8 Å². The molecule has 2 aromatic carbocycles. The van der Waals surface area contributed by atoms with E-state index in [0.717, 1.165) is 29.8 Å². The lowest BCUT2D eigenvalue weighted by Gasteiger charge is -2.18. The maximum atomic E-state index is 11.4. The van der Waals surface area contributed by atoms with Crippen molar-refractivity contribution in [1.82, 2.24) is 5.32 Å². The summed E-state index contributed by atoms with van der Waals surface area (Å²) < 4.78 is 0. The van der Waals surface area contributed by atoms with Crippen molar-refractivity contribution in [3.8, 4) is 0 Å². The van der Waals surface area contributed by atoms with Crippen LogP contribution in [0.5, 0.6) is 0 Å². The molecule has 0 fully saturated rings. The number of hydrogen-bond donors (Lipinski definition) is 3. The van der Waals surface area contributed by atoms with E-state index < -0.39 is 0 Å². The molecule has 1 atom stereocenters. The molecule has 0 aliphatic heterocycles. The summed E-state index contributed by atoms with van der Waals surface area (Å²) in [6, 6.07) is 15.4. The smallest absolute Gasteiger partial charge is 0.217 e. The van der Waals surface area contributed by atoms with Gasteiger partial charge in [-0.3, -0.25) is 4.79 Å². The number of carbonyl (C=O) groups excluding carboxylic acids is 1. The molecule has 4 nitrogen and oxygen atoms in total. The van der Waals surface area contributed by atoms with Gasteiger partial charge in [0.2, 0.25) is 5.91 Å². The second-order valence-corrected chi connectivity index (χ2v) is 5.20. The van der Waals surface area contributed by atoms with Crippen molar-refractivity contribution < 1.29 is 4.79 Å². The van der Waals surface area contributed by atoms with E-state index in [-0.39, 0.29) is 11.9 Å². The largest absolute Gasteiger partial charge is 0.399 e. The number of rotatable bonds is 5. The lowest BCUT2D eigenvalue weighted by molar-refractivity contribution is -0.119. The molecule has 0 aliphatic rings. The second-order valence-electron chi connectivity index (χ2n) is 5.20. The molecule has 0 aromatic heterocycles. The van der Waals surface area contributed by atoms with Crippen LogP contribution in [-0.4, -0.2) is 5.91 Å². The number of nitrogens with two attached hydrogens (primary N) is 2. The Morgan fingerprint density at radius 1 is 1.00 bits per heavy atom. The summed E-state index contributed by atoms with van der Waals surface area (Å²) in [5.74, 6) is -0.0332. The van der Waals surface area contributed by atoms with Crippen LogP contribution in [0.15, 0.2) is 48.5 Å². The van der Waals surface area contributed by atoms with Gasteiger partial charge in [0.05, 0.1) is 6.04 Å². The summed E-state index contributed by atoms with van der Waals surface area (Å²) in [5, 5.41) is 2.99. The molecule has 1 unspecified atom stereocenters. The van der Waals surface area contributed by atoms with Gasteiger partial charge in [-0.05, 0) is 48.2 Å². The van der Waals surface area contributed by atoms with Gasteiger partial charge in [0.1, 0.15) is 0 Å². The molecule has 0 bridgehead atoms. The van der Waals surface area contributed by atoms with E-state index in [1.54, 1.807) is 0 Å². The van der Waals surface area contributed by atoms with Crippen molar-refractivity contribution in [3.05, 3.63) is 59.7 Å². The van der Waals surface area contributed by atoms with Gasteiger partial charge in [-0.25, -0.2) is 0 Å². The first-order valence-electron chi connectivity index (χ1n) is 7.01. The van der Waals surface area contributed by atoms with Crippen LogP contribution in [0, 0.1) is 0 Å². The van der Waals surface area contributed by atoms with Crippen LogP contribution >= 0.6 is 0 Å². The SMILES string of the molecule is CC(=O)NC(CCc1ccc(N)cc1)c1ccc(N)cc1. The van der Waals surface area contributed by atoms with Gasteiger partial charge in [-0.15, -0.1) is 0 Å². The van der Waals surface area contributed by atoms with Crippen LogP contribution in [0.4, 0.5) is 11.4 Å². The van der Waals surface area contributed by atoms with Crippen LogP contribution in [0.3, 0.4) is 0 Å². The normalized spacial score (nSPS) is 11.9. The number of carbonyl (C=O) groups is 1. The molecule has 0 saturated carbocycles. The number of anilines is 2. The maximum absolute atomic E-state index is 11.4. The van der Waals surface area contributed by atoms with E-state index >= 15 is 0 Å². The molecular formula is C17H21N3O. The van der Waals surface area contributed by atoms with Crippen molar-refractivity contribution in [2.24, 2.45) is 0 Å². The molecule has 21 heavy (non-hydrogen) atoms. The molecule has 0 aliphatic carbocycles. The van der Waals surface area contributed by atoms with Crippen molar-refractivity contribution in [2.75, 3.05) is 11.5 Å². The predicted octanol–water partition coefficient (Wildman–Crippen LogP) is 2.66. The number of nitrogen functional groups attached to an aromatic ring is 2. The van der Waals surface area contributed by atoms with Gasteiger partial charge in [0.25, 0.3) is 0 Å². The van der Waals surface area contributed by atoms with Gasteiger partial charge < -0.3 is 16.8 Å². The predicted molar refractivity (Wildman–Crippen MR) is 86.6 cm³/mol. The molecule has 110 valence electrons. The number of hydrogen-bond acceptors (Lipinski definition) is 3. The summed E-state index contributed by atoms with van der Waals surface area (Å²) in [6.45, 7) is 1.54. The lowest BCUT2D eigenvalue weighted by atomic mass is 9.98. The van der Waals surface area contributed by atoms with Crippen LogP contribution in [0.25, 0.3) is 0 Å². The zero-order chi connectivity index (χ0) is 15.2. The number of amides is 1. The Labute approximate surface area is 125 Å². The topological polar surface area (TPSA) is 81.1 Å². The van der Waals surface area contributed by atoms with Gasteiger partial charge >= 0.3 is 0 Å². The molecular weight excluding hydrogens is 262 g/mol. The molecule has 0 saturated heterocycles. The Bertz CT molecular complexity index is 590. The molecule has 5 N–H and O–H groups in total. The number of nitrogens with one attached hydrogen (secondary N) is 1. The van der Waals surface area contributed by atoms with E-state index in [0.29, 0.717) is 0 Å².